The molecular weight excluding hydrogens is 774 g/mol. The first-order chi connectivity index (χ1) is 3.46. The molecule has 0 aliphatic heterocycles. The maximum absolute atomic E-state index is 8.33. The summed E-state index contributed by atoms with van der Waals surface area (Å²) in [6.07, 6.45) is -4.67. The number of carbonyl (C=O) groups is 2. The SMILES string of the molecule is O=C([O-])[O-].O=C([O-])[O-].[OH-].[OH-].[PbH2+2].[PbH2+2].[PbH2+2]. The van der Waals surface area contributed by atoms with E-state index in [0.29, 0.717) is 0 Å². The van der Waals surface area contributed by atoms with Crippen LogP contribution in [0.3, 0.4) is 0 Å². The van der Waals surface area contributed by atoms with Gasteiger partial charge in [0.1, 0.15) is 0 Å². The molecule has 76 valence electrons. The number of carbonyl (C=O) groups excluding carboxylic acids is 2. The molecule has 0 rings (SSSR count). The first-order valence-corrected chi connectivity index (χ1v) is 1.22. The molecule has 8 nitrogen and oxygen atoms in total. The first kappa shape index (κ1) is 47.7. The minimum atomic E-state index is -2.33. The number of hydrogen-bond acceptors (Lipinski definition) is 8. The molecule has 0 heterocycles. The van der Waals surface area contributed by atoms with Gasteiger partial charge < -0.3 is 41.0 Å². The van der Waals surface area contributed by atoms with E-state index in [1.165, 1.54) is 0 Å². The van der Waals surface area contributed by atoms with Crippen LogP contribution in [0.5, 0.6) is 0 Å². The molecule has 0 unspecified atom stereocenters. The Balaban J connectivity index is -0.00000000800. The number of carboxylic acid groups (broad SMARTS) is 4. The van der Waals surface area contributed by atoms with E-state index in [2.05, 4.69) is 0 Å². The summed E-state index contributed by atoms with van der Waals surface area (Å²) in [6.45, 7) is 0. The molecule has 0 fully saturated rings. The van der Waals surface area contributed by atoms with Crippen LogP contribution in [0.2, 0.25) is 0 Å². The Morgan fingerprint density at radius 2 is 0.615 bits per heavy atom. The summed E-state index contributed by atoms with van der Waals surface area (Å²) in [7, 11) is 0. The van der Waals surface area contributed by atoms with Crippen molar-refractivity contribution in [2.45, 2.75) is 0 Å². The van der Waals surface area contributed by atoms with Gasteiger partial charge in [-0.1, -0.05) is 0 Å². The second-order valence-electron chi connectivity index (χ2n) is 0.500. The van der Waals surface area contributed by atoms with Gasteiger partial charge in [0.25, 0.3) is 0 Å². The molecule has 0 amide bonds. The van der Waals surface area contributed by atoms with Gasteiger partial charge in [0.05, 0.1) is 0 Å². The molecule has 0 saturated carbocycles. The average Bonchev–Trinajstić information content (AvgIpc) is 1.25. The Kier molecular flexibility index (Phi) is 139. The van der Waals surface area contributed by atoms with Crippen LogP contribution in [0.1, 0.15) is 0 Å². The van der Waals surface area contributed by atoms with Crippen molar-refractivity contribution in [2.75, 3.05) is 0 Å². The van der Waals surface area contributed by atoms with E-state index >= 15 is 0 Å². The molecule has 0 aromatic heterocycles. The summed E-state index contributed by atoms with van der Waals surface area (Å²) in [5.41, 5.74) is 0. The van der Waals surface area contributed by atoms with E-state index < -0.39 is 12.3 Å². The molecule has 0 atom stereocenters. The zero-order chi connectivity index (χ0) is 7.15. The zero-order valence-electron chi connectivity index (χ0n) is 6.47. The monoisotopic (exact) mass is 784 g/mol. The average molecular weight is 782 g/mol. The summed E-state index contributed by atoms with van der Waals surface area (Å²) in [4.78, 5) is 16.7. The predicted molar refractivity (Wildman–Crippen MR) is 40.3 cm³/mol. The van der Waals surface area contributed by atoms with Crippen LogP contribution in [0.25, 0.3) is 0 Å². The van der Waals surface area contributed by atoms with Crippen LogP contribution in [-0.2, 0) is 0 Å². The molecule has 2 N–H and O–H groups in total. The van der Waals surface area contributed by atoms with Crippen LogP contribution < -0.4 is 20.4 Å². The van der Waals surface area contributed by atoms with Crippen molar-refractivity contribution in [1.29, 1.82) is 0 Å². The Morgan fingerprint density at radius 3 is 0.615 bits per heavy atom. The van der Waals surface area contributed by atoms with E-state index in [4.69, 9.17) is 30.0 Å². The fraction of sp³-hybridized carbons (Fsp3) is 0. The van der Waals surface area contributed by atoms with Crippen molar-refractivity contribution in [3.05, 3.63) is 0 Å². The van der Waals surface area contributed by atoms with Gasteiger partial charge in [-0.15, -0.1) is 0 Å². The summed E-state index contributed by atoms with van der Waals surface area (Å²) in [5.74, 6) is 0. The van der Waals surface area contributed by atoms with Gasteiger partial charge in [-0.05, 0) is 12.3 Å². The molecule has 0 saturated heterocycles. The standard InChI is InChI=1S/2CH2O3.2H2O.3Pb.6H/c2*2-1(3)4;;;;;;;;;;;/h2*(H2,2,3,4);2*1H2;;;;;;;;;/q;;;;3*+2;;;;;;/p-6. The summed E-state index contributed by atoms with van der Waals surface area (Å²) in [6, 6.07) is 0. The predicted octanol–water partition coefficient (Wildman–Crippen LogP) is -8.00. The third-order valence-electron chi connectivity index (χ3n) is 0. The summed E-state index contributed by atoms with van der Waals surface area (Å²) < 4.78 is 0. The van der Waals surface area contributed by atoms with E-state index in [1.54, 1.807) is 0 Å². The van der Waals surface area contributed by atoms with Crippen molar-refractivity contribution in [3.8, 4) is 0 Å². The van der Waals surface area contributed by atoms with Crippen molar-refractivity contribution in [1.82, 2.24) is 0 Å². The molecule has 0 spiro atoms. The Hall–Kier alpha value is 1.23. The molecule has 0 aliphatic carbocycles. The topological polar surface area (TPSA) is 186 Å². The summed E-state index contributed by atoms with van der Waals surface area (Å²) in [5, 5.41) is 33.3. The molecule has 0 aromatic carbocycles. The molecule has 0 radical (unpaired) electrons. The van der Waals surface area contributed by atoms with Gasteiger partial charge in [0, 0.05) is 0 Å². The Bertz CT molecular complexity index is 75.4. The normalized spacial score (nSPS) is 3.69. The van der Waals surface area contributed by atoms with Crippen LogP contribution in [-0.4, -0.2) is 105 Å². The molecule has 0 aliphatic rings. The molecular formula is C2H8O8Pb3. The van der Waals surface area contributed by atoms with E-state index in [0.717, 1.165) is 0 Å². The van der Waals surface area contributed by atoms with Crippen LogP contribution in [0, 0.1) is 0 Å². The van der Waals surface area contributed by atoms with Crippen molar-refractivity contribution in [2.24, 2.45) is 0 Å². The molecule has 0 aromatic rings. The van der Waals surface area contributed by atoms with E-state index in [-0.39, 0.29) is 92.8 Å². The van der Waals surface area contributed by atoms with Crippen LogP contribution >= 0.6 is 0 Å². The van der Waals surface area contributed by atoms with Gasteiger partial charge in [0.15, 0.2) is 0 Å². The fourth-order valence-electron chi connectivity index (χ4n) is 0. The van der Waals surface area contributed by atoms with Crippen molar-refractivity contribution >= 4 is 94.2 Å². The zero-order valence-corrected chi connectivity index (χ0v) is 23.0. The second-order valence-corrected chi connectivity index (χ2v) is 0.500. The summed E-state index contributed by atoms with van der Waals surface area (Å²) >= 11 is 0. The van der Waals surface area contributed by atoms with Crippen LogP contribution in [0.4, 0.5) is 9.59 Å². The first-order valence-electron chi connectivity index (χ1n) is 1.22. The van der Waals surface area contributed by atoms with E-state index in [9.17, 15) is 0 Å². The quantitative estimate of drug-likeness (QED) is 0.217. The molecule has 0 bridgehead atoms. The maximum atomic E-state index is 8.33. The van der Waals surface area contributed by atoms with Crippen LogP contribution in [0.15, 0.2) is 0 Å². The third kappa shape index (κ3) is 1110. The van der Waals surface area contributed by atoms with Crippen molar-refractivity contribution in [3.63, 3.8) is 0 Å². The van der Waals surface area contributed by atoms with E-state index in [1.807, 2.05) is 0 Å². The fourth-order valence-corrected chi connectivity index (χ4v) is 0. The second kappa shape index (κ2) is 37.9. The Labute approximate surface area is 133 Å². The third-order valence-corrected chi connectivity index (χ3v) is 0. The van der Waals surface area contributed by atoms with Crippen molar-refractivity contribution < 1.29 is 41.0 Å². The Morgan fingerprint density at radius 1 is 0.615 bits per heavy atom. The van der Waals surface area contributed by atoms with Gasteiger partial charge >= 0.3 is 81.9 Å². The molecule has 11 heteroatoms. The van der Waals surface area contributed by atoms with Gasteiger partial charge in [-0.25, -0.2) is 0 Å². The molecule has 13 heavy (non-hydrogen) atoms. The van der Waals surface area contributed by atoms with Gasteiger partial charge in [0.2, 0.25) is 0 Å². The van der Waals surface area contributed by atoms with Gasteiger partial charge in [-0.3, -0.25) is 0 Å². The number of hydrogen-bond donors (Lipinski definition) is 0. The minimum absolute atomic E-state index is 0. The number of rotatable bonds is 0. The van der Waals surface area contributed by atoms with Gasteiger partial charge in [-0.2, -0.15) is 0 Å².